The summed E-state index contributed by atoms with van der Waals surface area (Å²) in [7, 11) is 10.0. The molecule has 3 N–H and O–H groups in total. The normalized spacial score (nSPS) is 15.7. The highest BCUT2D eigenvalue weighted by atomic mass is 127. The fraction of sp³-hybridized carbons (Fsp3) is 0.636. The topological polar surface area (TPSA) is 223 Å². The number of fused-ring (bicyclic) bond motifs is 2. The first kappa shape index (κ1) is 43.5. The van der Waals surface area contributed by atoms with Gasteiger partial charge in [0.05, 0.1) is 19.3 Å². The number of imidazole rings is 2. The average molecular weight is 889 g/mol. The first-order valence-corrected chi connectivity index (χ1v) is 19.1. The van der Waals surface area contributed by atoms with Gasteiger partial charge in [0.25, 0.3) is 11.1 Å². The predicted molar refractivity (Wildman–Crippen MR) is 216 cm³/mol. The SMILES string of the molecule is CN1CCN(CCNC(=O)Cn2cnc3c2c(=O)n(C)c(=O)n3C)CC1.CN1CCN(CCO)CC1.Cn1c(=O)c2c(ncn2CC(=O)O)n(C)c1=O.[2H]CI. The summed E-state index contributed by atoms with van der Waals surface area (Å²) in [6.07, 6.45) is 2.66. The van der Waals surface area contributed by atoms with E-state index in [-0.39, 0.29) is 41.3 Å². The summed E-state index contributed by atoms with van der Waals surface area (Å²) in [5.41, 5.74) is -1.12. The van der Waals surface area contributed by atoms with Gasteiger partial charge in [-0.1, -0.05) is 22.6 Å². The fourth-order valence-electron chi connectivity index (χ4n) is 6.03. The first-order valence-electron chi connectivity index (χ1n) is 18.2. The number of β-amino-alcohol motifs (C(OH)–C–C–N with tert-alkyl or cyclic N) is 1. The van der Waals surface area contributed by atoms with Crippen molar-refractivity contribution in [1.82, 2.24) is 62.3 Å². The number of hydrogen-bond donors (Lipinski definition) is 3. The van der Waals surface area contributed by atoms with Crippen molar-refractivity contribution in [3.63, 3.8) is 0 Å². The summed E-state index contributed by atoms with van der Waals surface area (Å²) >= 11 is 1.96. The Morgan fingerprint density at radius 3 is 1.51 bits per heavy atom. The number of halogens is 1. The van der Waals surface area contributed by atoms with E-state index in [1.807, 2.05) is 22.6 Å². The lowest BCUT2D eigenvalue weighted by atomic mass is 10.3. The van der Waals surface area contributed by atoms with Crippen LogP contribution in [0.25, 0.3) is 22.3 Å². The molecule has 4 aromatic heterocycles. The zero-order valence-electron chi connectivity index (χ0n) is 33.3. The number of carbonyl (C=O) groups excluding carboxylic acids is 1. The van der Waals surface area contributed by atoms with E-state index in [0.717, 1.165) is 74.6 Å². The highest BCUT2D eigenvalue weighted by molar-refractivity contribution is 14.1. The number of hydrogen-bond acceptors (Lipinski definition) is 13. The Labute approximate surface area is 332 Å². The molecular formula is C33H54IN13O8. The van der Waals surface area contributed by atoms with E-state index in [4.69, 9.17) is 11.6 Å². The lowest BCUT2D eigenvalue weighted by Gasteiger charge is -2.32. The van der Waals surface area contributed by atoms with Crippen LogP contribution in [0.15, 0.2) is 31.8 Å². The monoisotopic (exact) mass is 888 g/mol. The molecule has 0 radical (unpaired) electrons. The van der Waals surface area contributed by atoms with Gasteiger partial charge in [0.15, 0.2) is 22.3 Å². The number of nitrogens with zero attached hydrogens (tertiary/aromatic N) is 12. The fourth-order valence-corrected chi connectivity index (χ4v) is 6.03. The van der Waals surface area contributed by atoms with Crippen LogP contribution in [0.1, 0.15) is 1.37 Å². The van der Waals surface area contributed by atoms with E-state index in [0.29, 0.717) is 18.1 Å². The number of piperazine rings is 2. The van der Waals surface area contributed by atoms with E-state index in [9.17, 15) is 28.8 Å². The molecule has 0 aromatic carbocycles. The number of aryl methyl sites for hydroxylation is 2. The van der Waals surface area contributed by atoms with Gasteiger partial charge in [0.2, 0.25) is 5.91 Å². The third-order valence-corrected chi connectivity index (χ3v) is 9.41. The molecule has 2 aliphatic rings. The minimum absolute atomic E-state index is 0.00726. The quantitative estimate of drug-likeness (QED) is 0.110. The third-order valence-electron chi connectivity index (χ3n) is 9.41. The molecule has 6 rings (SSSR count). The molecule has 1 amide bonds. The number of alkyl halides is 1. The zero-order chi connectivity index (χ0) is 41.7. The Morgan fingerprint density at radius 2 is 1.11 bits per heavy atom. The van der Waals surface area contributed by atoms with Gasteiger partial charge in [0.1, 0.15) is 13.1 Å². The van der Waals surface area contributed by atoms with Crippen LogP contribution in [0.5, 0.6) is 0 Å². The molecule has 0 atom stereocenters. The maximum atomic E-state index is 12.4. The van der Waals surface area contributed by atoms with Crippen LogP contribution < -0.4 is 27.8 Å². The summed E-state index contributed by atoms with van der Waals surface area (Å²) in [6.45, 7) is 10.7. The van der Waals surface area contributed by atoms with Gasteiger partial charge in [-0.25, -0.2) is 19.6 Å². The molecule has 0 saturated carbocycles. The van der Waals surface area contributed by atoms with E-state index < -0.39 is 28.5 Å². The van der Waals surface area contributed by atoms with Crippen molar-refractivity contribution in [2.24, 2.45) is 28.2 Å². The van der Waals surface area contributed by atoms with Crippen LogP contribution in [-0.2, 0) is 50.9 Å². The maximum absolute atomic E-state index is 12.4. The number of aromatic nitrogens is 8. The standard InChI is InChI=1S/C16H25N7O3.C9H10N4O4.C7H16N2O.CH3I/c1-19-6-8-22(9-7-19)5-4-17-12(24)10-23-11-18-14-13(23)15(25)21(3)16(26)20(14)2;1-11-7-6(8(16)12(2)9(11)17)13(4-10-7)3-5(14)15;1-8-2-4-9(5-3-8)6-7-10;1-2/h11H,4-10H2,1-3H3,(H,17,24);4H,3H2,1-2H3,(H,14,15);10H,2-7H2,1H3;1H3/i;;;1D. The van der Waals surface area contributed by atoms with Crippen molar-refractivity contribution in [2.45, 2.75) is 13.1 Å². The molecule has 0 bridgehead atoms. The minimum atomic E-state index is -1.08. The van der Waals surface area contributed by atoms with Crippen LogP contribution in [0.3, 0.4) is 0 Å². The second kappa shape index (κ2) is 21.2. The minimum Gasteiger partial charge on any atom is -0.480 e. The van der Waals surface area contributed by atoms with Crippen molar-refractivity contribution < 1.29 is 21.2 Å². The number of carboxylic acids is 1. The molecule has 22 heteroatoms. The van der Waals surface area contributed by atoms with E-state index in [1.54, 1.807) is 7.05 Å². The van der Waals surface area contributed by atoms with Gasteiger partial charge in [-0.15, -0.1) is 0 Å². The second-order valence-corrected chi connectivity index (χ2v) is 13.3. The van der Waals surface area contributed by atoms with Gasteiger partial charge in [-0.3, -0.25) is 47.2 Å². The number of likely N-dealkylation sites (N-methyl/N-ethyl adjacent to an activating group) is 2. The van der Waals surface area contributed by atoms with Crippen molar-refractivity contribution in [1.29, 1.82) is 0 Å². The number of aliphatic hydroxyl groups excluding tert-OH is 1. The Bertz CT molecular complexity index is 2160. The van der Waals surface area contributed by atoms with Crippen molar-refractivity contribution in [3.05, 3.63) is 54.3 Å². The highest BCUT2D eigenvalue weighted by Gasteiger charge is 2.18. The number of carboxylic acid groups (broad SMARTS) is 1. The molecule has 2 aliphatic heterocycles. The van der Waals surface area contributed by atoms with Crippen LogP contribution in [0, 0.1) is 0 Å². The number of nitrogens with one attached hydrogen (secondary N) is 1. The number of carbonyl (C=O) groups is 2. The second-order valence-electron chi connectivity index (χ2n) is 13.3. The van der Waals surface area contributed by atoms with E-state index in [1.165, 1.54) is 52.1 Å². The summed E-state index contributed by atoms with van der Waals surface area (Å²) in [5.74, 6) is -1.27. The lowest BCUT2D eigenvalue weighted by molar-refractivity contribution is -0.137. The molecule has 55 heavy (non-hydrogen) atoms. The van der Waals surface area contributed by atoms with Crippen molar-refractivity contribution >= 4 is 56.8 Å². The van der Waals surface area contributed by atoms with Gasteiger partial charge in [-0.05, 0) is 19.0 Å². The molecule has 0 aliphatic carbocycles. The lowest BCUT2D eigenvalue weighted by Crippen LogP contribution is -2.47. The molecule has 2 saturated heterocycles. The third kappa shape index (κ3) is 11.6. The Kier molecular flexibility index (Phi) is 16.7. The highest BCUT2D eigenvalue weighted by Crippen LogP contribution is 2.06. The van der Waals surface area contributed by atoms with E-state index in [2.05, 4.69) is 49.0 Å². The zero-order valence-corrected chi connectivity index (χ0v) is 34.5. The van der Waals surface area contributed by atoms with Crippen LogP contribution in [0.2, 0.25) is 0 Å². The summed E-state index contributed by atoms with van der Waals surface area (Å²) in [5, 5.41) is 20.2. The summed E-state index contributed by atoms with van der Waals surface area (Å²) in [6, 6.07) is 0. The molecule has 2 fully saturated rings. The van der Waals surface area contributed by atoms with Gasteiger partial charge in [0, 0.05) is 102 Å². The van der Waals surface area contributed by atoms with Gasteiger partial charge < -0.3 is 34.5 Å². The molecule has 0 spiro atoms. The largest absolute Gasteiger partial charge is 0.480 e. The first-order chi connectivity index (χ1) is 26.6. The number of amides is 1. The summed E-state index contributed by atoms with van der Waals surface area (Å²) < 4.78 is 13.3. The Hall–Kier alpha value is -4.23. The van der Waals surface area contributed by atoms with Crippen LogP contribution in [0.4, 0.5) is 0 Å². The van der Waals surface area contributed by atoms with Crippen molar-refractivity contribution in [2.75, 3.05) is 97.6 Å². The number of aliphatic hydroxyl groups is 1. The smallest absolute Gasteiger partial charge is 0.332 e. The molecular weight excluding hydrogens is 833 g/mol. The van der Waals surface area contributed by atoms with E-state index >= 15 is 0 Å². The van der Waals surface area contributed by atoms with Crippen LogP contribution >= 0.6 is 22.6 Å². The molecule has 4 aromatic rings. The average Bonchev–Trinajstić information content (AvgIpc) is 3.78. The maximum Gasteiger partial charge on any atom is 0.332 e. The van der Waals surface area contributed by atoms with Crippen LogP contribution in [-0.4, -0.2) is 177 Å². The predicted octanol–water partition coefficient (Wildman–Crippen LogP) is -3.41. The Morgan fingerprint density at radius 1 is 0.709 bits per heavy atom. The van der Waals surface area contributed by atoms with Gasteiger partial charge >= 0.3 is 17.3 Å². The number of rotatable bonds is 9. The van der Waals surface area contributed by atoms with Crippen molar-refractivity contribution in [3.8, 4) is 0 Å². The summed E-state index contributed by atoms with van der Waals surface area (Å²) in [4.78, 5) is 88.3. The number of aliphatic carboxylic acids is 1. The van der Waals surface area contributed by atoms with Gasteiger partial charge in [-0.2, -0.15) is 0 Å². The molecule has 21 nitrogen and oxygen atoms in total. The Balaban J connectivity index is 0.000000239. The molecule has 0 unspecified atom stereocenters. The molecule has 6 heterocycles. The molecule has 306 valence electrons.